The molecule has 1 fully saturated rings. The van der Waals surface area contributed by atoms with Crippen LogP contribution in [-0.4, -0.2) is 27.1 Å². The number of hydrogen-bond acceptors (Lipinski definition) is 3. The summed E-state index contributed by atoms with van der Waals surface area (Å²) in [4.78, 5) is 13.5. The summed E-state index contributed by atoms with van der Waals surface area (Å²) in [5, 5.41) is 13.2. The van der Waals surface area contributed by atoms with Crippen LogP contribution in [0.5, 0.6) is 0 Å². The lowest BCUT2D eigenvalue weighted by Crippen LogP contribution is -2.25. The van der Waals surface area contributed by atoms with Gasteiger partial charge in [0.25, 0.3) is 0 Å². The predicted molar refractivity (Wildman–Crippen MR) is 61.8 cm³/mol. The van der Waals surface area contributed by atoms with Crippen LogP contribution in [0.4, 0.5) is 0 Å². The molecule has 0 aliphatic carbocycles. The Morgan fingerprint density at radius 1 is 1.53 bits per heavy atom. The highest BCUT2D eigenvalue weighted by molar-refractivity contribution is 5.79. The van der Waals surface area contributed by atoms with Crippen molar-refractivity contribution in [2.75, 3.05) is 6.54 Å². The normalized spacial score (nSPS) is 19.8. The Kier molecular flexibility index (Phi) is 2.88. The summed E-state index contributed by atoms with van der Waals surface area (Å²) in [6.07, 6.45) is 0.356. The zero-order valence-electron chi connectivity index (χ0n) is 10.4. The number of carbonyl (C=O) groups is 1. The van der Waals surface area contributed by atoms with Gasteiger partial charge in [-0.3, -0.25) is 9.48 Å². The molecule has 0 aromatic carbocycles. The third kappa shape index (κ3) is 2.03. The molecule has 1 aliphatic heterocycles. The average Bonchev–Trinajstić information content (AvgIpc) is 2.75. The number of likely N-dealkylation sites (tertiary alicyclic amines) is 1. The number of aromatic nitrogens is 2. The highest BCUT2D eigenvalue weighted by Gasteiger charge is 2.30. The molecular weight excluding hydrogens is 216 g/mol. The molecular formula is C12H16N4O. The SMILES string of the molecule is Cc1nn(C)c(C)c1CN1CC(C#N)CC1=O. The van der Waals surface area contributed by atoms with Gasteiger partial charge in [-0.1, -0.05) is 0 Å². The molecule has 5 nitrogen and oxygen atoms in total. The Hall–Kier alpha value is -1.83. The zero-order valence-corrected chi connectivity index (χ0v) is 10.4. The van der Waals surface area contributed by atoms with Crippen molar-refractivity contribution in [3.63, 3.8) is 0 Å². The van der Waals surface area contributed by atoms with E-state index in [2.05, 4.69) is 11.2 Å². The van der Waals surface area contributed by atoms with Gasteiger partial charge in [0, 0.05) is 37.8 Å². The maximum atomic E-state index is 11.7. The Morgan fingerprint density at radius 2 is 2.24 bits per heavy atom. The van der Waals surface area contributed by atoms with E-state index in [-0.39, 0.29) is 11.8 Å². The molecule has 0 N–H and O–H groups in total. The number of carbonyl (C=O) groups excluding carboxylic acids is 1. The highest BCUT2D eigenvalue weighted by atomic mass is 16.2. The summed E-state index contributed by atoms with van der Waals surface area (Å²) in [7, 11) is 1.90. The summed E-state index contributed by atoms with van der Waals surface area (Å²) >= 11 is 0. The lowest BCUT2D eigenvalue weighted by atomic mass is 10.1. The van der Waals surface area contributed by atoms with Crippen molar-refractivity contribution >= 4 is 5.91 Å². The van der Waals surface area contributed by atoms with E-state index in [9.17, 15) is 4.79 Å². The van der Waals surface area contributed by atoms with Crippen LogP contribution in [0.2, 0.25) is 0 Å². The molecule has 1 aromatic rings. The van der Waals surface area contributed by atoms with Crippen LogP contribution >= 0.6 is 0 Å². The predicted octanol–water partition coefficient (Wildman–Crippen LogP) is 0.909. The largest absolute Gasteiger partial charge is 0.337 e. The van der Waals surface area contributed by atoms with Crippen molar-refractivity contribution in [3.05, 3.63) is 17.0 Å². The quantitative estimate of drug-likeness (QED) is 0.761. The Labute approximate surface area is 101 Å². The molecule has 17 heavy (non-hydrogen) atoms. The van der Waals surface area contributed by atoms with Crippen molar-refractivity contribution in [1.29, 1.82) is 5.26 Å². The fourth-order valence-corrected chi connectivity index (χ4v) is 2.25. The Morgan fingerprint density at radius 3 is 2.71 bits per heavy atom. The van der Waals surface area contributed by atoms with Gasteiger partial charge < -0.3 is 4.90 Å². The van der Waals surface area contributed by atoms with E-state index in [0.717, 1.165) is 17.0 Å². The van der Waals surface area contributed by atoms with Crippen molar-refractivity contribution in [2.45, 2.75) is 26.8 Å². The molecule has 1 atom stereocenters. The first-order valence-electron chi connectivity index (χ1n) is 5.69. The minimum atomic E-state index is -0.153. The third-order valence-electron chi connectivity index (χ3n) is 3.40. The molecule has 5 heteroatoms. The second-order valence-corrected chi connectivity index (χ2v) is 4.58. The highest BCUT2D eigenvalue weighted by Crippen LogP contribution is 2.22. The summed E-state index contributed by atoms with van der Waals surface area (Å²) in [5.41, 5.74) is 3.13. The fourth-order valence-electron chi connectivity index (χ4n) is 2.25. The van der Waals surface area contributed by atoms with Crippen LogP contribution < -0.4 is 0 Å². The van der Waals surface area contributed by atoms with Crippen LogP contribution in [0.3, 0.4) is 0 Å². The van der Waals surface area contributed by atoms with E-state index in [1.165, 1.54) is 0 Å². The topological polar surface area (TPSA) is 61.9 Å². The summed E-state index contributed by atoms with van der Waals surface area (Å²) in [5.74, 6) is -0.0843. The van der Waals surface area contributed by atoms with E-state index in [1.54, 1.807) is 4.90 Å². The van der Waals surface area contributed by atoms with Gasteiger partial charge in [0.15, 0.2) is 0 Å². The smallest absolute Gasteiger partial charge is 0.224 e. The lowest BCUT2D eigenvalue weighted by molar-refractivity contribution is -0.128. The van der Waals surface area contributed by atoms with E-state index in [4.69, 9.17) is 5.26 Å². The maximum absolute atomic E-state index is 11.7. The Bertz CT molecular complexity index is 497. The molecule has 1 unspecified atom stereocenters. The van der Waals surface area contributed by atoms with E-state index < -0.39 is 0 Å². The molecule has 1 amide bonds. The molecule has 1 aromatic heterocycles. The minimum Gasteiger partial charge on any atom is -0.337 e. The van der Waals surface area contributed by atoms with Gasteiger partial charge in [-0.2, -0.15) is 10.4 Å². The van der Waals surface area contributed by atoms with Gasteiger partial charge in [0.05, 0.1) is 17.7 Å². The van der Waals surface area contributed by atoms with Crippen LogP contribution in [0, 0.1) is 31.1 Å². The van der Waals surface area contributed by atoms with Gasteiger partial charge in [-0.15, -0.1) is 0 Å². The number of nitriles is 1. The van der Waals surface area contributed by atoms with Crippen LogP contribution in [0.1, 0.15) is 23.4 Å². The van der Waals surface area contributed by atoms with Gasteiger partial charge in [0.2, 0.25) is 5.91 Å². The summed E-state index contributed by atoms with van der Waals surface area (Å²) in [6, 6.07) is 2.16. The Balaban J connectivity index is 2.17. The van der Waals surface area contributed by atoms with Crippen molar-refractivity contribution in [2.24, 2.45) is 13.0 Å². The van der Waals surface area contributed by atoms with Crippen molar-refractivity contribution in [3.8, 4) is 6.07 Å². The zero-order chi connectivity index (χ0) is 12.6. The average molecular weight is 232 g/mol. The second-order valence-electron chi connectivity index (χ2n) is 4.58. The van der Waals surface area contributed by atoms with Crippen molar-refractivity contribution in [1.82, 2.24) is 14.7 Å². The number of amides is 1. The van der Waals surface area contributed by atoms with Gasteiger partial charge in [-0.05, 0) is 13.8 Å². The van der Waals surface area contributed by atoms with Crippen LogP contribution in [0.25, 0.3) is 0 Å². The van der Waals surface area contributed by atoms with Crippen LogP contribution in [-0.2, 0) is 18.4 Å². The summed E-state index contributed by atoms with van der Waals surface area (Å²) in [6.45, 7) is 5.06. The molecule has 0 bridgehead atoms. The first kappa shape index (κ1) is 11.6. The number of aryl methyl sites for hydroxylation is 2. The monoisotopic (exact) mass is 232 g/mol. The van der Waals surface area contributed by atoms with Gasteiger partial charge >= 0.3 is 0 Å². The first-order chi connectivity index (χ1) is 8.02. The van der Waals surface area contributed by atoms with E-state index in [0.29, 0.717) is 19.5 Å². The van der Waals surface area contributed by atoms with E-state index >= 15 is 0 Å². The molecule has 0 saturated carbocycles. The fraction of sp³-hybridized carbons (Fsp3) is 0.583. The third-order valence-corrected chi connectivity index (χ3v) is 3.40. The second kappa shape index (κ2) is 4.21. The van der Waals surface area contributed by atoms with Crippen molar-refractivity contribution < 1.29 is 4.79 Å². The molecule has 2 heterocycles. The molecule has 2 rings (SSSR count). The molecule has 90 valence electrons. The summed E-state index contributed by atoms with van der Waals surface area (Å²) < 4.78 is 1.83. The number of nitrogens with zero attached hydrogens (tertiary/aromatic N) is 4. The van der Waals surface area contributed by atoms with E-state index in [1.807, 2.05) is 25.6 Å². The molecule has 1 saturated heterocycles. The lowest BCUT2D eigenvalue weighted by Gasteiger charge is -2.15. The van der Waals surface area contributed by atoms with Crippen LogP contribution in [0.15, 0.2) is 0 Å². The number of hydrogen-bond donors (Lipinski definition) is 0. The first-order valence-corrected chi connectivity index (χ1v) is 5.69. The number of rotatable bonds is 2. The molecule has 0 radical (unpaired) electrons. The van der Waals surface area contributed by atoms with Gasteiger partial charge in [-0.25, -0.2) is 0 Å². The maximum Gasteiger partial charge on any atom is 0.224 e. The standard InChI is InChI=1S/C12H16N4O/c1-8-11(9(2)15(3)14-8)7-16-6-10(5-13)4-12(16)17/h10H,4,6-7H2,1-3H3. The van der Waals surface area contributed by atoms with Gasteiger partial charge in [0.1, 0.15) is 0 Å². The molecule has 0 spiro atoms. The molecule has 1 aliphatic rings. The minimum absolute atomic E-state index is 0.0687.